The molecule has 29 heavy (non-hydrogen) atoms. The number of pyridine rings is 1. The fraction of sp³-hybridized carbons (Fsp3) is 0.300. The Balaban J connectivity index is 1.77. The molecule has 0 bridgehead atoms. The summed E-state index contributed by atoms with van der Waals surface area (Å²) in [5.74, 6) is 0.946. The largest absolute Gasteiger partial charge is 0.480 e. The van der Waals surface area contributed by atoms with E-state index < -0.39 is 0 Å². The molecule has 1 amide bonds. The highest BCUT2D eigenvalue weighted by molar-refractivity contribution is 6.34. The van der Waals surface area contributed by atoms with Gasteiger partial charge in [-0.2, -0.15) is 4.98 Å². The number of carbonyl (C=O) groups excluding carboxylic acids is 1. The number of ether oxygens (including phenoxy) is 2. The van der Waals surface area contributed by atoms with Crippen molar-refractivity contribution in [2.75, 3.05) is 45.4 Å². The molecule has 0 atom stereocenters. The van der Waals surface area contributed by atoms with Crippen LogP contribution < -0.4 is 15.1 Å². The van der Waals surface area contributed by atoms with Crippen molar-refractivity contribution >= 4 is 34.2 Å². The van der Waals surface area contributed by atoms with Crippen LogP contribution in [0.2, 0.25) is 5.02 Å². The van der Waals surface area contributed by atoms with E-state index in [1.807, 2.05) is 18.2 Å². The number of anilines is 1. The number of carbonyl (C=O) groups is 1. The van der Waals surface area contributed by atoms with E-state index in [0.29, 0.717) is 29.7 Å². The van der Waals surface area contributed by atoms with Crippen LogP contribution in [0.15, 0.2) is 30.5 Å². The summed E-state index contributed by atoms with van der Waals surface area (Å²) in [6.45, 7) is 2.91. The Hall–Kier alpha value is -2.81. The number of aromatic nitrogens is 2. The molecular formula is C20H21ClN4O4. The quantitative estimate of drug-likeness (QED) is 0.621. The molecule has 2 aromatic heterocycles. The monoisotopic (exact) mass is 416 g/mol. The van der Waals surface area contributed by atoms with Crippen molar-refractivity contribution in [3.05, 3.63) is 41.0 Å². The number of halogens is 1. The van der Waals surface area contributed by atoms with E-state index in [9.17, 15) is 4.79 Å². The molecule has 0 saturated carbocycles. The number of benzene rings is 1. The van der Waals surface area contributed by atoms with Crippen LogP contribution in [0.1, 0.15) is 10.4 Å². The Bertz CT molecular complexity index is 1050. The Morgan fingerprint density at radius 3 is 2.76 bits per heavy atom. The van der Waals surface area contributed by atoms with Gasteiger partial charge in [0, 0.05) is 41.3 Å². The average Bonchev–Trinajstić information content (AvgIpc) is 3.16. The normalized spacial score (nSPS) is 14.2. The van der Waals surface area contributed by atoms with Gasteiger partial charge in [0.25, 0.3) is 5.91 Å². The maximum absolute atomic E-state index is 12.3. The van der Waals surface area contributed by atoms with Gasteiger partial charge >= 0.3 is 0 Å². The number of rotatable bonds is 5. The lowest BCUT2D eigenvalue weighted by Crippen LogP contribution is -2.36. The lowest BCUT2D eigenvalue weighted by Gasteiger charge is -2.28. The van der Waals surface area contributed by atoms with Gasteiger partial charge in [0.1, 0.15) is 5.82 Å². The Morgan fingerprint density at radius 1 is 1.24 bits per heavy atom. The topological polar surface area (TPSA) is 88.7 Å². The maximum Gasteiger partial charge on any atom is 0.276 e. The van der Waals surface area contributed by atoms with E-state index in [2.05, 4.69) is 20.3 Å². The minimum absolute atomic E-state index is 0.347. The highest BCUT2D eigenvalue weighted by Crippen LogP contribution is 2.38. The second-order valence-corrected chi connectivity index (χ2v) is 6.95. The summed E-state index contributed by atoms with van der Waals surface area (Å²) >= 11 is 6.55. The number of H-pyrrole nitrogens is 1. The van der Waals surface area contributed by atoms with Crippen molar-refractivity contribution in [2.24, 2.45) is 0 Å². The molecular weight excluding hydrogens is 396 g/mol. The Kier molecular flexibility index (Phi) is 5.57. The number of hydrogen-bond donors (Lipinski definition) is 2. The van der Waals surface area contributed by atoms with Crippen molar-refractivity contribution < 1.29 is 19.1 Å². The average molecular weight is 417 g/mol. The number of morpholine rings is 1. The fourth-order valence-corrected chi connectivity index (χ4v) is 3.71. The number of hydroxylamine groups is 1. The summed E-state index contributed by atoms with van der Waals surface area (Å²) in [4.78, 5) is 26.9. The number of amides is 1. The first-order chi connectivity index (χ1) is 14.1. The molecule has 3 heterocycles. The number of methoxy groups -OCH3 is 1. The zero-order chi connectivity index (χ0) is 20.4. The van der Waals surface area contributed by atoms with Crippen LogP contribution in [-0.4, -0.2) is 56.4 Å². The molecule has 0 unspecified atom stereocenters. The zero-order valence-corrected chi connectivity index (χ0v) is 16.9. The molecule has 8 nitrogen and oxygen atoms in total. The van der Waals surface area contributed by atoms with E-state index in [1.165, 1.54) is 7.11 Å². The molecule has 3 aromatic rings. The van der Waals surface area contributed by atoms with Crippen molar-refractivity contribution in [2.45, 2.75) is 0 Å². The molecule has 1 aliphatic rings. The molecule has 4 rings (SSSR count). The van der Waals surface area contributed by atoms with E-state index >= 15 is 0 Å². The van der Waals surface area contributed by atoms with E-state index in [4.69, 9.17) is 25.9 Å². The van der Waals surface area contributed by atoms with Crippen LogP contribution in [0, 0.1) is 0 Å². The summed E-state index contributed by atoms with van der Waals surface area (Å²) in [7, 11) is 2.97. The predicted octanol–water partition coefficient (Wildman–Crippen LogP) is 3.02. The van der Waals surface area contributed by atoms with Gasteiger partial charge in [-0.1, -0.05) is 11.6 Å². The predicted molar refractivity (Wildman–Crippen MR) is 111 cm³/mol. The molecule has 0 radical (unpaired) electrons. The fourth-order valence-electron chi connectivity index (χ4n) is 3.44. The summed E-state index contributed by atoms with van der Waals surface area (Å²) in [6.07, 6.45) is 1.62. The summed E-state index contributed by atoms with van der Waals surface area (Å²) in [5, 5.41) is 1.25. The first-order valence-corrected chi connectivity index (χ1v) is 9.52. The number of fused-ring (bicyclic) bond motifs is 1. The lowest BCUT2D eigenvalue weighted by atomic mass is 10.0. The Labute approximate surface area is 172 Å². The third-order valence-corrected chi connectivity index (χ3v) is 5.19. The van der Waals surface area contributed by atoms with Crippen molar-refractivity contribution in [1.82, 2.24) is 15.4 Å². The third-order valence-electron chi connectivity index (χ3n) is 4.87. The van der Waals surface area contributed by atoms with Crippen molar-refractivity contribution in [3.8, 4) is 17.0 Å². The number of nitrogens with one attached hydrogen (secondary N) is 2. The van der Waals surface area contributed by atoms with Gasteiger partial charge in [-0.05, 0) is 24.3 Å². The number of nitrogens with zero attached hydrogens (tertiary/aromatic N) is 2. The van der Waals surface area contributed by atoms with Crippen molar-refractivity contribution in [3.63, 3.8) is 0 Å². The third kappa shape index (κ3) is 3.74. The van der Waals surface area contributed by atoms with E-state index in [-0.39, 0.29) is 5.91 Å². The molecule has 9 heteroatoms. The lowest BCUT2D eigenvalue weighted by molar-refractivity contribution is 0.0539. The second-order valence-electron chi connectivity index (χ2n) is 6.54. The standard InChI is InChI=1S/C20H21ClN4O4/c1-27-20-12(3-4-18(23-20)25-5-7-29-8-6-25)13-9-14-15(19(26)24-28-2)11-22-17(14)10-16(13)21/h3-4,9-11,22H,5-8H2,1-2H3,(H,24,26). The molecule has 1 aliphatic heterocycles. The molecule has 1 aromatic carbocycles. The summed E-state index contributed by atoms with van der Waals surface area (Å²) in [5.41, 5.74) is 5.01. The van der Waals surface area contributed by atoms with Crippen LogP contribution in [0.4, 0.5) is 5.82 Å². The minimum atomic E-state index is -0.347. The molecule has 0 spiro atoms. The highest BCUT2D eigenvalue weighted by atomic mass is 35.5. The first-order valence-electron chi connectivity index (χ1n) is 9.14. The van der Waals surface area contributed by atoms with Crippen LogP contribution in [-0.2, 0) is 9.57 Å². The molecule has 2 N–H and O–H groups in total. The molecule has 1 fully saturated rings. The van der Waals surface area contributed by atoms with Crippen molar-refractivity contribution in [1.29, 1.82) is 0 Å². The maximum atomic E-state index is 12.3. The molecule has 0 aliphatic carbocycles. The van der Waals surface area contributed by atoms with Gasteiger partial charge < -0.3 is 19.4 Å². The molecule has 1 saturated heterocycles. The van der Waals surface area contributed by atoms with Gasteiger partial charge in [-0.25, -0.2) is 5.48 Å². The molecule has 152 valence electrons. The number of hydrogen-bond acceptors (Lipinski definition) is 6. The smallest absolute Gasteiger partial charge is 0.276 e. The van der Waals surface area contributed by atoms with E-state index in [0.717, 1.165) is 40.9 Å². The van der Waals surface area contributed by atoms with Gasteiger partial charge in [0.2, 0.25) is 5.88 Å². The van der Waals surface area contributed by atoms with Gasteiger partial charge in [-0.15, -0.1) is 0 Å². The Morgan fingerprint density at radius 2 is 2.03 bits per heavy atom. The van der Waals surface area contributed by atoms with Gasteiger partial charge in [-0.3, -0.25) is 9.63 Å². The summed E-state index contributed by atoms with van der Waals surface area (Å²) < 4.78 is 11.0. The zero-order valence-electron chi connectivity index (χ0n) is 16.1. The van der Waals surface area contributed by atoms with Crippen LogP contribution in [0.5, 0.6) is 5.88 Å². The van der Waals surface area contributed by atoms with E-state index in [1.54, 1.807) is 19.4 Å². The SMILES string of the molecule is CONC(=O)c1c[nH]c2cc(Cl)c(-c3ccc(N4CCOCC4)nc3OC)cc12. The highest BCUT2D eigenvalue weighted by Gasteiger charge is 2.19. The van der Waals surface area contributed by atoms with Crippen LogP contribution >= 0.6 is 11.6 Å². The first kappa shape index (κ1) is 19.5. The second kappa shape index (κ2) is 8.28. The summed E-state index contributed by atoms with van der Waals surface area (Å²) in [6, 6.07) is 7.52. The number of aromatic amines is 1. The van der Waals surface area contributed by atoms with Crippen LogP contribution in [0.3, 0.4) is 0 Å². The van der Waals surface area contributed by atoms with Crippen LogP contribution in [0.25, 0.3) is 22.0 Å². The van der Waals surface area contributed by atoms with Gasteiger partial charge in [0.15, 0.2) is 0 Å². The van der Waals surface area contributed by atoms with Gasteiger partial charge in [0.05, 0.1) is 38.0 Å². The minimum Gasteiger partial charge on any atom is -0.480 e.